The van der Waals surface area contributed by atoms with Crippen molar-refractivity contribution in [2.75, 3.05) is 0 Å². The predicted molar refractivity (Wildman–Crippen MR) is 199 cm³/mol. The van der Waals surface area contributed by atoms with Gasteiger partial charge in [0.05, 0.1) is 22.8 Å². The van der Waals surface area contributed by atoms with Gasteiger partial charge in [-0.3, -0.25) is 19.9 Å². The van der Waals surface area contributed by atoms with Gasteiger partial charge in [-0.1, -0.05) is 0 Å². The maximum Gasteiger partial charge on any atom is 2.00 e. The van der Waals surface area contributed by atoms with Crippen molar-refractivity contribution in [1.82, 2.24) is 19.9 Å². The first-order valence-corrected chi connectivity index (χ1v) is 21.8. The minimum absolute atomic E-state index is 0. The van der Waals surface area contributed by atoms with Crippen LogP contribution in [0.2, 0.25) is 0 Å². The topological polar surface area (TPSA) is 216 Å². The Hall–Kier alpha value is -4.00. The Labute approximate surface area is 364 Å². The summed E-state index contributed by atoms with van der Waals surface area (Å²) in [6.07, 6.45) is 0. The third kappa shape index (κ3) is 18.2. The van der Waals surface area contributed by atoms with Gasteiger partial charge in [-0.25, -0.2) is 33.7 Å². The van der Waals surface area contributed by atoms with Crippen molar-refractivity contribution >= 4 is 40.1 Å². The van der Waals surface area contributed by atoms with E-state index in [0.717, 1.165) is 53.8 Å². The molecule has 0 fully saturated rings. The van der Waals surface area contributed by atoms with Crippen LogP contribution in [-0.4, -0.2) is 75.6 Å². The molecule has 0 bridgehead atoms. The van der Waals surface area contributed by atoms with Gasteiger partial charge in [0.25, 0.3) is 0 Å². The second-order valence-corrected chi connectivity index (χ2v) is 19.4. The van der Waals surface area contributed by atoms with Crippen LogP contribution in [0.1, 0.15) is 45.0 Å². The molecule has 31 heteroatoms. The third-order valence-corrected chi connectivity index (χ3v) is 12.0. The molecule has 357 valence electrons. The summed E-state index contributed by atoms with van der Waals surface area (Å²) < 4.78 is 218. The molecule has 0 saturated carbocycles. The summed E-state index contributed by atoms with van der Waals surface area (Å²) in [5, 5.41) is 0. The van der Waals surface area contributed by atoms with Crippen LogP contribution in [0.25, 0.3) is 31.0 Å². The fraction of sp³-hybridized carbons (Fsp3) is 0.375. The molecule has 0 aliphatic heterocycles. The number of rotatable bonds is 6. The van der Waals surface area contributed by atoms with Crippen LogP contribution in [0.3, 0.4) is 0 Å². The molecule has 0 amide bonds. The van der Waals surface area contributed by atoms with Gasteiger partial charge in [0, 0.05) is 22.8 Å². The summed E-state index contributed by atoms with van der Waals surface area (Å²) in [5.74, 6) is 0. The zero-order chi connectivity index (χ0) is 48.8. The smallest absolute Gasteiger partial charge is 0.421 e. The van der Waals surface area contributed by atoms with Crippen molar-refractivity contribution in [3.63, 3.8) is 0 Å². The number of aromatic nitrogens is 4. The number of pyridine rings is 4. The van der Waals surface area contributed by atoms with Crippen LogP contribution in [-0.2, 0) is 57.2 Å². The first kappa shape index (κ1) is 59.0. The SMILES string of the molecule is Cc1cc(C)nc(-c2cc(C)cc(C)n2)c1.Cc1cc(C)nc(-c2cc(C)cc(C)n2)c1.O=S(=O)([N-]S(=O)(=O)C(F)(F)F)C(F)(F)F.O=S(=O)([N-]S(=O)(=O)C(F)(F)F)C(F)(F)F.[Cu+2]. The summed E-state index contributed by atoms with van der Waals surface area (Å²) >= 11 is 0. The molecule has 4 aromatic rings. The maximum absolute atomic E-state index is 11.4. The molecule has 0 unspecified atom stereocenters. The summed E-state index contributed by atoms with van der Waals surface area (Å²) in [5.41, 5.74) is -11.9. The van der Waals surface area contributed by atoms with Crippen molar-refractivity contribution in [3.8, 4) is 22.8 Å². The first-order valence-electron chi connectivity index (χ1n) is 16.1. The van der Waals surface area contributed by atoms with Crippen molar-refractivity contribution in [1.29, 1.82) is 0 Å². The summed E-state index contributed by atoms with van der Waals surface area (Å²) in [7, 11) is -26.9. The standard InChI is InChI=1S/2C14H16N2.2C2F6NO4S2.Cu/c2*1-9-5-11(3)15-13(7-9)14-8-10(2)6-12(4)16-14;2*3-1(4,5)14(10,11)9-15(12,13)2(6,7)8;/h2*5-8H,1-4H3;;;/q;;2*-1;+2. The number of hydrogen-bond acceptors (Lipinski definition) is 12. The molecule has 4 heterocycles. The van der Waals surface area contributed by atoms with E-state index in [1.54, 1.807) is 0 Å². The van der Waals surface area contributed by atoms with E-state index in [9.17, 15) is 86.4 Å². The second-order valence-electron chi connectivity index (χ2n) is 12.5. The number of hydrogen-bond donors (Lipinski definition) is 0. The van der Waals surface area contributed by atoms with E-state index in [4.69, 9.17) is 0 Å². The Balaban J connectivity index is 0.000000810. The molecular weight excluding hydrogens is 1020 g/mol. The molecular formula is C32H32CuF12N6O8S4. The van der Waals surface area contributed by atoms with Gasteiger partial charge in [0.2, 0.25) is 0 Å². The molecule has 63 heavy (non-hydrogen) atoms. The van der Waals surface area contributed by atoms with E-state index in [2.05, 4.69) is 96.2 Å². The molecule has 0 saturated heterocycles. The zero-order valence-electron chi connectivity index (χ0n) is 33.0. The number of nitrogens with zero attached hydrogens (tertiary/aromatic N) is 6. The van der Waals surface area contributed by atoms with Crippen LogP contribution in [0.15, 0.2) is 48.5 Å². The fourth-order valence-electron chi connectivity index (χ4n) is 4.32. The fourth-order valence-corrected chi connectivity index (χ4v) is 7.74. The van der Waals surface area contributed by atoms with Crippen molar-refractivity contribution < 1.29 is 103 Å². The molecule has 0 aliphatic rings. The molecule has 0 atom stereocenters. The number of alkyl halides is 12. The van der Waals surface area contributed by atoms with Gasteiger partial charge >= 0.3 is 39.1 Å². The van der Waals surface area contributed by atoms with Crippen LogP contribution in [0.4, 0.5) is 52.7 Å². The predicted octanol–water partition coefficient (Wildman–Crippen LogP) is 8.87. The Bertz CT molecular complexity index is 2250. The number of aryl methyl sites for hydroxylation is 8. The first-order chi connectivity index (χ1) is 27.5. The molecule has 0 aliphatic carbocycles. The summed E-state index contributed by atoms with van der Waals surface area (Å²) in [6, 6.07) is 16.6. The molecule has 0 spiro atoms. The minimum atomic E-state index is -6.72. The van der Waals surface area contributed by atoms with Gasteiger partial charge in [-0.05, 0) is 126 Å². The molecule has 1 radical (unpaired) electrons. The van der Waals surface area contributed by atoms with E-state index in [0.29, 0.717) is 0 Å². The average molecular weight is 1050 g/mol. The van der Waals surface area contributed by atoms with E-state index in [1.165, 1.54) is 22.3 Å². The van der Waals surface area contributed by atoms with E-state index < -0.39 is 62.1 Å². The Morgan fingerprint density at radius 3 is 0.587 bits per heavy atom. The van der Waals surface area contributed by atoms with Gasteiger partial charge < -0.3 is 8.25 Å². The number of halogens is 12. The van der Waals surface area contributed by atoms with E-state index in [1.807, 2.05) is 27.7 Å². The molecule has 0 aromatic carbocycles. The minimum Gasteiger partial charge on any atom is -0.421 e. The van der Waals surface area contributed by atoms with Crippen molar-refractivity contribution in [2.24, 2.45) is 0 Å². The largest absolute Gasteiger partial charge is 2.00 e. The van der Waals surface area contributed by atoms with E-state index in [-0.39, 0.29) is 17.1 Å². The summed E-state index contributed by atoms with van der Waals surface area (Å²) in [6.45, 7) is 16.4. The van der Waals surface area contributed by atoms with E-state index >= 15 is 0 Å². The third-order valence-electron chi connectivity index (χ3n) is 6.48. The Kier molecular flexibility index (Phi) is 20.0. The van der Waals surface area contributed by atoms with Crippen LogP contribution in [0.5, 0.6) is 0 Å². The van der Waals surface area contributed by atoms with Crippen LogP contribution < -0.4 is 0 Å². The molecule has 4 rings (SSSR count). The van der Waals surface area contributed by atoms with Crippen molar-refractivity contribution in [2.45, 2.75) is 77.4 Å². The Morgan fingerprint density at radius 1 is 0.333 bits per heavy atom. The van der Waals surface area contributed by atoms with Gasteiger partial charge in [-0.2, -0.15) is 52.7 Å². The maximum atomic E-state index is 11.4. The zero-order valence-corrected chi connectivity index (χ0v) is 37.2. The Morgan fingerprint density at radius 2 is 0.476 bits per heavy atom. The molecule has 14 nitrogen and oxygen atoms in total. The number of sulfonamides is 4. The molecule has 0 N–H and O–H groups in total. The molecule has 4 aromatic heterocycles. The van der Waals surface area contributed by atoms with Crippen molar-refractivity contribution in [3.05, 3.63) is 102 Å². The van der Waals surface area contributed by atoms with Gasteiger partial charge in [0.15, 0.2) is 40.1 Å². The van der Waals surface area contributed by atoms with Gasteiger partial charge in [0.1, 0.15) is 0 Å². The average Bonchev–Trinajstić information content (AvgIpc) is 3.01. The quantitative estimate of drug-likeness (QED) is 0.131. The monoisotopic (exact) mass is 1050 g/mol. The normalized spacial score (nSPS) is 12.6. The summed E-state index contributed by atoms with van der Waals surface area (Å²) in [4.78, 5) is 18.1. The van der Waals surface area contributed by atoms with Crippen LogP contribution in [0, 0.1) is 55.4 Å². The van der Waals surface area contributed by atoms with Crippen LogP contribution >= 0.6 is 0 Å². The second kappa shape index (κ2) is 21.3. The van der Waals surface area contributed by atoms with Gasteiger partial charge in [-0.15, -0.1) is 0 Å².